The molecule has 1 aromatic carbocycles. The van der Waals surface area contributed by atoms with Crippen molar-refractivity contribution in [2.75, 3.05) is 7.11 Å². The van der Waals surface area contributed by atoms with E-state index in [4.69, 9.17) is 4.74 Å². The van der Waals surface area contributed by atoms with E-state index in [1.54, 1.807) is 7.11 Å². The van der Waals surface area contributed by atoms with E-state index in [1.165, 1.54) is 19.3 Å². The summed E-state index contributed by atoms with van der Waals surface area (Å²) in [6, 6.07) is 7.60. The molecule has 0 amide bonds. The van der Waals surface area contributed by atoms with Crippen LogP contribution in [0, 0.1) is 17.8 Å². The number of ether oxygens (including phenoxy) is 1. The molecule has 1 aromatic rings. The highest BCUT2D eigenvalue weighted by atomic mass is 16.5. The van der Waals surface area contributed by atoms with Crippen LogP contribution in [0.1, 0.15) is 36.0 Å². The van der Waals surface area contributed by atoms with Gasteiger partial charge in [0.1, 0.15) is 5.75 Å². The van der Waals surface area contributed by atoms with Gasteiger partial charge in [-0.25, -0.2) is 0 Å². The molecule has 0 aromatic heterocycles. The van der Waals surface area contributed by atoms with Gasteiger partial charge in [-0.3, -0.25) is 4.79 Å². The highest BCUT2D eigenvalue weighted by Gasteiger charge is 2.43. The van der Waals surface area contributed by atoms with Crippen molar-refractivity contribution in [1.82, 2.24) is 0 Å². The van der Waals surface area contributed by atoms with E-state index >= 15 is 0 Å². The van der Waals surface area contributed by atoms with Gasteiger partial charge >= 0.3 is 0 Å². The minimum absolute atomic E-state index is 0.255. The van der Waals surface area contributed by atoms with Gasteiger partial charge in [0, 0.05) is 5.92 Å². The third kappa shape index (κ3) is 1.76. The molecule has 0 heterocycles. The Bertz CT molecular complexity index is 438. The second kappa shape index (κ2) is 4.17. The van der Waals surface area contributed by atoms with E-state index < -0.39 is 0 Å². The van der Waals surface area contributed by atoms with Gasteiger partial charge in [-0.1, -0.05) is 18.6 Å². The number of methoxy groups -OCH3 is 1. The van der Waals surface area contributed by atoms with Gasteiger partial charge in [0.25, 0.3) is 0 Å². The van der Waals surface area contributed by atoms with Crippen LogP contribution in [0.3, 0.4) is 0 Å². The second-order valence-electron chi connectivity index (χ2n) is 5.35. The fourth-order valence-electron chi connectivity index (χ4n) is 3.61. The number of Topliss-reactive ketones (excluding diaryl/α,β-unsaturated/α-hetero) is 1. The highest BCUT2D eigenvalue weighted by Crippen LogP contribution is 2.49. The Morgan fingerprint density at radius 3 is 2.71 bits per heavy atom. The molecule has 0 N–H and O–H groups in total. The van der Waals surface area contributed by atoms with Crippen LogP contribution >= 0.6 is 0 Å². The summed E-state index contributed by atoms with van der Waals surface area (Å²) in [6.07, 6.45) is 4.95. The van der Waals surface area contributed by atoms with Gasteiger partial charge in [-0.2, -0.15) is 0 Å². The molecular weight excluding hydrogens is 212 g/mol. The minimum Gasteiger partial charge on any atom is -0.496 e. The molecule has 2 nitrogen and oxygen atoms in total. The maximum atomic E-state index is 12.5. The van der Waals surface area contributed by atoms with E-state index in [0.717, 1.165) is 23.7 Å². The number of ketones is 1. The summed E-state index contributed by atoms with van der Waals surface area (Å²) in [5, 5.41) is 0. The van der Waals surface area contributed by atoms with Crippen molar-refractivity contribution in [2.24, 2.45) is 17.8 Å². The molecular formula is C15H18O2. The lowest BCUT2D eigenvalue weighted by Gasteiger charge is -2.21. The van der Waals surface area contributed by atoms with Crippen molar-refractivity contribution >= 4 is 5.78 Å². The molecule has 2 heteroatoms. The van der Waals surface area contributed by atoms with Crippen LogP contribution in [0.5, 0.6) is 5.75 Å². The Hall–Kier alpha value is -1.31. The third-order valence-electron chi connectivity index (χ3n) is 4.45. The van der Waals surface area contributed by atoms with Gasteiger partial charge < -0.3 is 4.74 Å². The predicted molar refractivity (Wildman–Crippen MR) is 66.3 cm³/mol. The Morgan fingerprint density at radius 2 is 2.06 bits per heavy atom. The van der Waals surface area contributed by atoms with Crippen molar-refractivity contribution in [3.63, 3.8) is 0 Å². The van der Waals surface area contributed by atoms with Crippen molar-refractivity contribution in [1.29, 1.82) is 0 Å². The lowest BCUT2D eigenvalue weighted by atomic mass is 9.83. The molecule has 3 atom stereocenters. The van der Waals surface area contributed by atoms with Gasteiger partial charge in [0.15, 0.2) is 5.78 Å². The van der Waals surface area contributed by atoms with E-state index in [-0.39, 0.29) is 5.92 Å². The Morgan fingerprint density at radius 1 is 1.24 bits per heavy atom. The van der Waals surface area contributed by atoms with Crippen LogP contribution in [-0.4, -0.2) is 12.9 Å². The fourth-order valence-corrected chi connectivity index (χ4v) is 3.61. The van der Waals surface area contributed by atoms with Gasteiger partial charge in [-0.05, 0) is 43.2 Å². The second-order valence-corrected chi connectivity index (χ2v) is 5.35. The summed E-state index contributed by atoms with van der Waals surface area (Å²) in [6.45, 7) is 0. The molecule has 2 saturated carbocycles. The normalized spacial score (nSPS) is 30.5. The first-order valence-corrected chi connectivity index (χ1v) is 6.47. The molecule has 90 valence electrons. The summed E-state index contributed by atoms with van der Waals surface area (Å²) >= 11 is 0. The summed E-state index contributed by atoms with van der Waals surface area (Å²) in [5.74, 6) is 2.72. The summed E-state index contributed by atoms with van der Waals surface area (Å²) in [7, 11) is 1.63. The summed E-state index contributed by atoms with van der Waals surface area (Å²) in [5.41, 5.74) is 0.771. The first-order valence-electron chi connectivity index (χ1n) is 6.47. The number of hydrogen-bond donors (Lipinski definition) is 0. The van der Waals surface area contributed by atoms with Crippen LogP contribution in [0.25, 0.3) is 0 Å². The van der Waals surface area contributed by atoms with E-state index in [1.807, 2.05) is 24.3 Å². The number of fused-ring (bicyclic) bond motifs is 2. The third-order valence-corrected chi connectivity index (χ3v) is 4.45. The maximum Gasteiger partial charge on any atom is 0.169 e. The zero-order valence-electron chi connectivity index (χ0n) is 10.2. The lowest BCUT2D eigenvalue weighted by Crippen LogP contribution is -2.21. The summed E-state index contributed by atoms with van der Waals surface area (Å²) in [4.78, 5) is 12.5. The zero-order valence-corrected chi connectivity index (χ0v) is 10.2. The van der Waals surface area contributed by atoms with Crippen LogP contribution in [-0.2, 0) is 0 Å². The monoisotopic (exact) mass is 230 g/mol. The number of benzene rings is 1. The topological polar surface area (TPSA) is 26.3 Å². The largest absolute Gasteiger partial charge is 0.496 e. The van der Waals surface area contributed by atoms with E-state index in [9.17, 15) is 4.79 Å². The molecule has 3 rings (SSSR count). The number of para-hydroxylation sites is 1. The van der Waals surface area contributed by atoms with Crippen LogP contribution < -0.4 is 4.74 Å². The molecule has 2 fully saturated rings. The molecule has 0 aliphatic heterocycles. The molecule has 0 radical (unpaired) electrons. The number of rotatable bonds is 3. The molecule has 3 unspecified atom stereocenters. The SMILES string of the molecule is COc1ccccc1C(=O)C1CC2CCC1C2. The first-order chi connectivity index (χ1) is 8.29. The zero-order chi connectivity index (χ0) is 11.8. The van der Waals surface area contributed by atoms with Crippen molar-refractivity contribution in [3.8, 4) is 5.75 Å². The Kier molecular flexibility index (Phi) is 2.65. The van der Waals surface area contributed by atoms with Crippen molar-refractivity contribution in [3.05, 3.63) is 29.8 Å². The summed E-state index contributed by atoms with van der Waals surface area (Å²) < 4.78 is 5.29. The van der Waals surface area contributed by atoms with Gasteiger partial charge in [0.2, 0.25) is 0 Å². The lowest BCUT2D eigenvalue weighted by molar-refractivity contribution is 0.0871. The predicted octanol–water partition coefficient (Wildman–Crippen LogP) is 3.31. The molecule has 2 aliphatic rings. The van der Waals surface area contributed by atoms with E-state index in [0.29, 0.717) is 11.7 Å². The maximum absolute atomic E-state index is 12.5. The molecule has 0 saturated heterocycles. The average molecular weight is 230 g/mol. The fraction of sp³-hybridized carbons (Fsp3) is 0.533. The molecule has 2 bridgehead atoms. The number of carbonyl (C=O) groups excluding carboxylic acids is 1. The van der Waals surface area contributed by atoms with Crippen LogP contribution in [0.4, 0.5) is 0 Å². The Labute approximate surface area is 102 Å². The standard InChI is InChI=1S/C15H18O2/c1-17-14-5-3-2-4-12(14)15(16)13-9-10-6-7-11(13)8-10/h2-5,10-11,13H,6-9H2,1H3. The molecule has 2 aliphatic carbocycles. The van der Waals surface area contributed by atoms with Crippen molar-refractivity contribution in [2.45, 2.75) is 25.7 Å². The van der Waals surface area contributed by atoms with Crippen LogP contribution in [0.15, 0.2) is 24.3 Å². The highest BCUT2D eigenvalue weighted by molar-refractivity contribution is 6.00. The van der Waals surface area contributed by atoms with Crippen LogP contribution in [0.2, 0.25) is 0 Å². The quantitative estimate of drug-likeness (QED) is 0.745. The first kappa shape index (κ1) is 10.8. The Balaban J connectivity index is 1.86. The van der Waals surface area contributed by atoms with Gasteiger partial charge in [-0.15, -0.1) is 0 Å². The molecule has 0 spiro atoms. The average Bonchev–Trinajstić information content (AvgIpc) is 3.00. The smallest absolute Gasteiger partial charge is 0.169 e. The van der Waals surface area contributed by atoms with E-state index in [2.05, 4.69) is 0 Å². The van der Waals surface area contributed by atoms with Crippen molar-refractivity contribution < 1.29 is 9.53 Å². The number of hydrogen-bond acceptors (Lipinski definition) is 2. The number of carbonyl (C=O) groups is 1. The van der Waals surface area contributed by atoms with Gasteiger partial charge in [0.05, 0.1) is 12.7 Å². The molecule has 17 heavy (non-hydrogen) atoms. The minimum atomic E-state index is 0.255.